The van der Waals surface area contributed by atoms with Gasteiger partial charge in [0.05, 0.1) is 32.1 Å². The highest BCUT2D eigenvalue weighted by molar-refractivity contribution is 6.48. The highest BCUT2D eigenvalue weighted by Gasteiger charge is 2.40. The number of rotatable bonds is 9. The number of carbonyl (C=O) groups is 2. The van der Waals surface area contributed by atoms with Crippen LogP contribution >= 0.6 is 34.8 Å². The molecule has 4 nitrogen and oxygen atoms in total. The van der Waals surface area contributed by atoms with Crippen LogP contribution in [0.15, 0.2) is 36.4 Å². The van der Waals surface area contributed by atoms with Gasteiger partial charge in [-0.15, -0.1) is 0 Å². The van der Waals surface area contributed by atoms with Gasteiger partial charge in [-0.25, -0.2) is 13.2 Å². The van der Waals surface area contributed by atoms with E-state index in [2.05, 4.69) is 0 Å². The van der Waals surface area contributed by atoms with Crippen molar-refractivity contribution >= 4 is 52.4 Å². The van der Waals surface area contributed by atoms with Gasteiger partial charge in [-0.2, -0.15) is 26.3 Å². The Morgan fingerprint density at radius 2 is 1.51 bits per heavy atom. The molecular weight excluding hydrogens is 638 g/mol. The lowest BCUT2D eigenvalue weighted by molar-refractivity contribution is -0.139. The summed E-state index contributed by atoms with van der Waals surface area (Å²) in [5.74, 6) is -10.0. The van der Waals surface area contributed by atoms with Crippen molar-refractivity contribution in [3.63, 3.8) is 0 Å². The molecule has 0 fully saturated rings. The van der Waals surface area contributed by atoms with Crippen LogP contribution in [0.4, 0.5) is 39.5 Å². The molecule has 0 saturated carbocycles. The van der Waals surface area contributed by atoms with Gasteiger partial charge in [-0.3, -0.25) is 9.59 Å². The second-order valence-electron chi connectivity index (χ2n) is 8.69. The molecule has 0 aromatic heterocycles. The molecule has 0 aliphatic heterocycles. The molecule has 2 aromatic carbocycles. The molecule has 0 spiro atoms. The van der Waals surface area contributed by atoms with Crippen LogP contribution < -0.4 is 10.6 Å². The van der Waals surface area contributed by atoms with Crippen LogP contribution in [0.25, 0.3) is 5.83 Å². The van der Waals surface area contributed by atoms with Gasteiger partial charge >= 0.3 is 12.4 Å². The number of allylic oxidation sites excluding steroid dienone is 1. The molecule has 2 N–H and O–H groups in total. The van der Waals surface area contributed by atoms with E-state index in [9.17, 15) is 44.7 Å². The number of carbonyl (C=O) groups excluding carboxylic acids is 2. The van der Waals surface area contributed by atoms with Crippen molar-refractivity contribution in [1.82, 2.24) is 10.6 Å². The van der Waals surface area contributed by atoms with Crippen LogP contribution in [0.3, 0.4) is 0 Å². The van der Waals surface area contributed by atoms with Gasteiger partial charge in [-0.05, 0) is 42.8 Å². The number of benzene rings is 2. The number of amides is 2. The summed E-state index contributed by atoms with van der Waals surface area (Å²) < 4.78 is 123. The second kappa shape index (κ2) is 13.1. The Balaban J connectivity index is 2.49. The summed E-state index contributed by atoms with van der Waals surface area (Å²) in [4.78, 5) is 24.3. The first kappa shape index (κ1) is 34.6. The Kier molecular flexibility index (Phi) is 11.1. The molecule has 2 rings (SSSR count). The molecule has 2 amide bonds. The van der Waals surface area contributed by atoms with Crippen LogP contribution in [0.1, 0.15) is 53.2 Å². The SMILES string of the molecule is CCC(F)(F)C(/C=C(\F)c1ccc(C(=O)N[C@H](C)C(=O)NCC(F)(F)F)c(C(F)(F)F)c1)c1cc(Cl)c(Cl)c(Cl)c1. The lowest BCUT2D eigenvalue weighted by Gasteiger charge is -2.25. The van der Waals surface area contributed by atoms with Gasteiger partial charge in [0, 0.05) is 12.0 Å². The van der Waals surface area contributed by atoms with Crippen LogP contribution in [-0.4, -0.2) is 36.5 Å². The summed E-state index contributed by atoms with van der Waals surface area (Å²) in [5.41, 5.74) is -3.91. The van der Waals surface area contributed by atoms with E-state index >= 15 is 4.39 Å². The summed E-state index contributed by atoms with van der Waals surface area (Å²) in [7, 11) is 0. The normalized spacial score (nSPS) is 14.4. The van der Waals surface area contributed by atoms with Crippen molar-refractivity contribution < 1.29 is 49.1 Å². The maximum Gasteiger partial charge on any atom is 0.417 e. The molecule has 16 heteroatoms. The van der Waals surface area contributed by atoms with Gasteiger partial charge in [0.25, 0.3) is 11.8 Å². The molecular formula is C25H20Cl3F9N2O2. The minimum Gasteiger partial charge on any atom is -0.345 e. The Hall–Kier alpha value is -2.64. The van der Waals surface area contributed by atoms with E-state index in [4.69, 9.17) is 34.8 Å². The van der Waals surface area contributed by atoms with Crippen molar-refractivity contribution in [1.29, 1.82) is 0 Å². The van der Waals surface area contributed by atoms with E-state index in [1.54, 1.807) is 0 Å². The van der Waals surface area contributed by atoms with Crippen molar-refractivity contribution in [3.8, 4) is 0 Å². The predicted octanol–water partition coefficient (Wildman–Crippen LogP) is 8.60. The first-order chi connectivity index (χ1) is 18.7. The standard InChI is InChI=1S/C25H20Cl3F9N2O2/c1-3-23(30,31)15(13-7-17(26)20(28)18(27)8-13)9-19(29)12-4-5-14(16(6-12)25(35,36)37)22(41)39-11(2)21(40)38-10-24(32,33)34/h4-9,11,15H,3,10H2,1-2H3,(H,38,40)(H,39,41)/b19-9-/t11-,15?/m1/s1. The Bertz CT molecular complexity index is 1310. The quantitative estimate of drug-likeness (QED) is 0.210. The largest absolute Gasteiger partial charge is 0.417 e. The monoisotopic (exact) mass is 656 g/mol. The fourth-order valence-corrected chi connectivity index (χ4v) is 4.10. The minimum absolute atomic E-state index is 0.157. The lowest BCUT2D eigenvalue weighted by atomic mass is 9.89. The molecule has 0 heterocycles. The zero-order valence-electron chi connectivity index (χ0n) is 20.9. The Labute approximate surface area is 242 Å². The second-order valence-corrected chi connectivity index (χ2v) is 9.88. The van der Waals surface area contributed by atoms with E-state index in [1.807, 2.05) is 5.32 Å². The Morgan fingerprint density at radius 3 is 2.00 bits per heavy atom. The number of hydrogen-bond acceptors (Lipinski definition) is 2. The van der Waals surface area contributed by atoms with E-state index in [0.29, 0.717) is 18.2 Å². The number of halogens is 12. The number of alkyl halides is 8. The average molecular weight is 658 g/mol. The molecule has 2 aromatic rings. The van der Waals surface area contributed by atoms with Crippen molar-refractivity contribution in [2.24, 2.45) is 0 Å². The molecule has 41 heavy (non-hydrogen) atoms. The van der Waals surface area contributed by atoms with Gasteiger partial charge in [0.15, 0.2) is 0 Å². The molecule has 1 unspecified atom stereocenters. The summed E-state index contributed by atoms with van der Waals surface area (Å²) >= 11 is 17.7. The van der Waals surface area contributed by atoms with Gasteiger partial charge in [0.2, 0.25) is 5.91 Å². The highest BCUT2D eigenvalue weighted by Crippen LogP contribution is 2.43. The number of hydrogen-bond donors (Lipinski definition) is 2. The molecule has 0 aliphatic carbocycles. The van der Waals surface area contributed by atoms with Crippen LogP contribution in [0.2, 0.25) is 15.1 Å². The molecule has 0 aliphatic rings. The first-order valence-corrected chi connectivity index (χ1v) is 12.6. The summed E-state index contributed by atoms with van der Waals surface area (Å²) in [5, 5.41) is 2.68. The first-order valence-electron chi connectivity index (χ1n) is 11.4. The van der Waals surface area contributed by atoms with Crippen molar-refractivity contribution in [2.75, 3.05) is 6.54 Å². The Morgan fingerprint density at radius 1 is 0.951 bits per heavy atom. The summed E-state index contributed by atoms with van der Waals surface area (Å²) in [6.07, 6.45) is -10.5. The molecule has 0 saturated heterocycles. The van der Waals surface area contributed by atoms with Crippen molar-refractivity contribution in [3.05, 3.63) is 73.7 Å². The fourth-order valence-electron chi connectivity index (χ4n) is 3.48. The smallest absolute Gasteiger partial charge is 0.345 e. The van der Waals surface area contributed by atoms with Crippen molar-refractivity contribution in [2.45, 2.75) is 50.5 Å². The fraction of sp³-hybridized carbons (Fsp3) is 0.360. The third-order valence-corrected chi connectivity index (χ3v) is 6.85. The predicted molar refractivity (Wildman–Crippen MR) is 136 cm³/mol. The third kappa shape index (κ3) is 9.17. The zero-order valence-corrected chi connectivity index (χ0v) is 23.2. The zero-order chi connectivity index (χ0) is 31.5. The third-order valence-electron chi connectivity index (χ3n) is 5.65. The van der Waals surface area contributed by atoms with Crippen LogP contribution in [-0.2, 0) is 11.0 Å². The van der Waals surface area contributed by atoms with E-state index in [-0.39, 0.29) is 26.7 Å². The highest BCUT2D eigenvalue weighted by atomic mass is 35.5. The summed E-state index contributed by atoms with van der Waals surface area (Å²) in [6, 6.07) is 1.76. The van der Waals surface area contributed by atoms with E-state index in [1.165, 1.54) is 5.32 Å². The maximum absolute atomic E-state index is 15.2. The maximum atomic E-state index is 15.2. The summed E-state index contributed by atoms with van der Waals surface area (Å²) in [6.45, 7) is 0.279. The molecule has 2 atom stereocenters. The topological polar surface area (TPSA) is 58.2 Å². The number of nitrogens with one attached hydrogen (secondary N) is 2. The van der Waals surface area contributed by atoms with Gasteiger partial charge in [-0.1, -0.05) is 47.8 Å². The molecule has 0 radical (unpaired) electrons. The van der Waals surface area contributed by atoms with Crippen LogP contribution in [0.5, 0.6) is 0 Å². The van der Waals surface area contributed by atoms with E-state index in [0.717, 1.165) is 26.0 Å². The van der Waals surface area contributed by atoms with Gasteiger partial charge < -0.3 is 10.6 Å². The van der Waals surface area contributed by atoms with Gasteiger partial charge in [0.1, 0.15) is 18.4 Å². The molecule has 0 bridgehead atoms. The lowest BCUT2D eigenvalue weighted by Crippen LogP contribution is -2.47. The average Bonchev–Trinajstić information content (AvgIpc) is 2.86. The minimum atomic E-state index is -5.27. The molecule has 226 valence electrons. The van der Waals surface area contributed by atoms with Crippen LogP contribution in [0, 0.1) is 0 Å². The van der Waals surface area contributed by atoms with E-state index < -0.39 is 77.5 Å².